The van der Waals surface area contributed by atoms with E-state index in [4.69, 9.17) is 21.4 Å². The lowest BCUT2D eigenvalue weighted by Crippen LogP contribution is -2.09. The first-order chi connectivity index (χ1) is 10.1. The van der Waals surface area contributed by atoms with Crippen LogP contribution in [0.15, 0.2) is 30.3 Å². The van der Waals surface area contributed by atoms with Gasteiger partial charge >= 0.3 is 0 Å². The molecular formula is C16H21ClN2O2. The Labute approximate surface area is 130 Å². The maximum atomic E-state index is 9.02. The molecule has 4 nitrogen and oxygen atoms in total. The van der Waals surface area contributed by atoms with Gasteiger partial charge in [0, 0.05) is 23.4 Å². The van der Waals surface area contributed by atoms with Gasteiger partial charge in [0.25, 0.3) is 0 Å². The number of nitrogens with zero attached hydrogens (tertiary/aromatic N) is 2. The van der Waals surface area contributed by atoms with Gasteiger partial charge in [-0.3, -0.25) is 4.68 Å². The lowest BCUT2D eigenvalue weighted by Gasteiger charge is -2.08. The number of rotatable bonds is 7. The van der Waals surface area contributed by atoms with Gasteiger partial charge in [-0.15, -0.1) is 5.10 Å². The summed E-state index contributed by atoms with van der Waals surface area (Å²) in [5.74, 6) is 0.616. The highest BCUT2D eigenvalue weighted by Gasteiger charge is 2.11. The van der Waals surface area contributed by atoms with E-state index in [-0.39, 0.29) is 12.7 Å². The van der Waals surface area contributed by atoms with Gasteiger partial charge in [0.15, 0.2) is 0 Å². The number of aromatic nitrogens is 2. The van der Waals surface area contributed by atoms with Gasteiger partial charge in [0.2, 0.25) is 5.88 Å². The van der Waals surface area contributed by atoms with Crippen molar-refractivity contribution in [1.29, 1.82) is 0 Å². The summed E-state index contributed by atoms with van der Waals surface area (Å²) in [6, 6.07) is 9.67. The van der Waals surface area contributed by atoms with E-state index in [1.165, 1.54) is 0 Å². The summed E-state index contributed by atoms with van der Waals surface area (Å²) in [4.78, 5) is 0. The topological polar surface area (TPSA) is 47.3 Å². The molecule has 0 saturated carbocycles. The zero-order valence-corrected chi connectivity index (χ0v) is 13.2. The van der Waals surface area contributed by atoms with Crippen LogP contribution in [0.2, 0.25) is 5.02 Å². The third kappa shape index (κ3) is 4.48. The quantitative estimate of drug-likeness (QED) is 0.853. The molecule has 114 valence electrons. The minimum atomic E-state index is 0.0827. The van der Waals surface area contributed by atoms with E-state index >= 15 is 0 Å². The molecule has 0 aliphatic carbocycles. The van der Waals surface area contributed by atoms with E-state index in [2.05, 4.69) is 5.10 Å². The van der Waals surface area contributed by atoms with Gasteiger partial charge in [-0.2, -0.15) is 0 Å². The van der Waals surface area contributed by atoms with Crippen LogP contribution in [-0.2, 0) is 13.0 Å². The van der Waals surface area contributed by atoms with Crippen molar-refractivity contribution in [1.82, 2.24) is 9.78 Å². The second kappa shape index (κ2) is 7.48. The largest absolute Gasteiger partial charge is 0.474 e. The molecule has 0 amide bonds. The van der Waals surface area contributed by atoms with Crippen LogP contribution in [0.5, 0.6) is 5.88 Å². The van der Waals surface area contributed by atoms with Crippen molar-refractivity contribution in [2.24, 2.45) is 0 Å². The van der Waals surface area contributed by atoms with Crippen LogP contribution in [0.25, 0.3) is 0 Å². The van der Waals surface area contributed by atoms with Crippen LogP contribution in [-0.4, -0.2) is 27.6 Å². The third-order valence-electron chi connectivity index (χ3n) is 3.07. The molecule has 2 aromatic rings. The molecule has 1 aromatic heterocycles. The van der Waals surface area contributed by atoms with Gasteiger partial charge < -0.3 is 9.84 Å². The summed E-state index contributed by atoms with van der Waals surface area (Å²) < 4.78 is 7.55. The summed E-state index contributed by atoms with van der Waals surface area (Å²) >= 11 is 6.21. The van der Waals surface area contributed by atoms with E-state index in [1.807, 2.05) is 48.9 Å². The Balaban J connectivity index is 2.23. The SMILES string of the molecule is CC(C)Oc1cc(CCCO)n(Cc2ccccc2Cl)n1. The molecule has 5 heteroatoms. The first-order valence-corrected chi connectivity index (χ1v) is 7.55. The summed E-state index contributed by atoms with van der Waals surface area (Å²) in [5.41, 5.74) is 2.06. The van der Waals surface area contributed by atoms with E-state index in [1.54, 1.807) is 0 Å². The average Bonchev–Trinajstić information content (AvgIpc) is 2.80. The fourth-order valence-corrected chi connectivity index (χ4v) is 2.31. The number of hydrogen-bond acceptors (Lipinski definition) is 3. The molecule has 1 aromatic carbocycles. The average molecular weight is 309 g/mol. The Morgan fingerprint density at radius 1 is 1.33 bits per heavy atom. The van der Waals surface area contributed by atoms with Gasteiger partial charge in [-0.05, 0) is 38.3 Å². The first kappa shape index (κ1) is 15.9. The standard InChI is InChI=1S/C16H21ClN2O2/c1-12(2)21-16-10-14(7-5-9-20)19(18-16)11-13-6-3-4-8-15(13)17/h3-4,6,8,10,12,20H,5,7,9,11H2,1-2H3. The lowest BCUT2D eigenvalue weighted by atomic mass is 10.2. The normalized spacial score (nSPS) is 11.1. The minimum Gasteiger partial charge on any atom is -0.474 e. The van der Waals surface area contributed by atoms with Crippen molar-refractivity contribution in [3.8, 4) is 5.88 Å². The Morgan fingerprint density at radius 3 is 2.76 bits per heavy atom. The number of benzene rings is 1. The highest BCUT2D eigenvalue weighted by molar-refractivity contribution is 6.31. The van der Waals surface area contributed by atoms with E-state index < -0.39 is 0 Å². The van der Waals surface area contributed by atoms with Crippen molar-refractivity contribution in [2.75, 3.05) is 6.61 Å². The summed E-state index contributed by atoms with van der Waals surface area (Å²) in [6.45, 7) is 4.71. The van der Waals surface area contributed by atoms with Crippen LogP contribution in [0, 0.1) is 0 Å². The molecule has 0 spiro atoms. The van der Waals surface area contributed by atoms with Crippen molar-refractivity contribution in [3.05, 3.63) is 46.6 Å². The maximum absolute atomic E-state index is 9.02. The van der Waals surface area contributed by atoms with Crippen LogP contribution in [0.4, 0.5) is 0 Å². The van der Waals surface area contributed by atoms with Crippen LogP contribution in [0.3, 0.4) is 0 Å². The zero-order valence-electron chi connectivity index (χ0n) is 12.4. The van der Waals surface area contributed by atoms with Crippen LogP contribution >= 0.6 is 11.6 Å². The van der Waals surface area contributed by atoms with Crippen LogP contribution in [0.1, 0.15) is 31.5 Å². The summed E-state index contributed by atoms with van der Waals surface area (Å²) in [5, 5.41) is 14.2. The number of aryl methyl sites for hydroxylation is 1. The Morgan fingerprint density at radius 2 is 2.10 bits per heavy atom. The predicted octanol–water partition coefficient (Wildman–Crippen LogP) is 3.30. The Kier molecular flexibility index (Phi) is 5.65. The third-order valence-corrected chi connectivity index (χ3v) is 3.44. The molecule has 1 heterocycles. The second-order valence-electron chi connectivity index (χ2n) is 5.22. The minimum absolute atomic E-state index is 0.0827. The van der Waals surface area contributed by atoms with Crippen LogP contribution < -0.4 is 4.74 Å². The number of aliphatic hydroxyl groups excluding tert-OH is 1. The molecule has 0 saturated heterocycles. The van der Waals surface area contributed by atoms with Crippen molar-refractivity contribution in [2.45, 2.75) is 39.3 Å². The molecule has 0 aliphatic heterocycles. The maximum Gasteiger partial charge on any atom is 0.233 e. The molecular weight excluding hydrogens is 288 g/mol. The number of hydrogen-bond donors (Lipinski definition) is 1. The van der Waals surface area contributed by atoms with Gasteiger partial charge in [-0.25, -0.2) is 0 Å². The Hall–Kier alpha value is -1.52. The number of aliphatic hydroxyl groups is 1. The smallest absolute Gasteiger partial charge is 0.233 e. The highest BCUT2D eigenvalue weighted by atomic mass is 35.5. The van der Waals surface area contributed by atoms with E-state index in [9.17, 15) is 0 Å². The zero-order chi connectivity index (χ0) is 15.2. The van der Waals surface area contributed by atoms with E-state index in [0.29, 0.717) is 18.8 Å². The molecule has 0 radical (unpaired) electrons. The molecule has 2 rings (SSSR count). The second-order valence-corrected chi connectivity index (χ2v) is 5.62. The van der Waals surface area contributed by atoms with Gasteiger partial charge in [-0.1, -0.05) is 29.8 Å². The molecule has 1 N–H and O–H groups in total. The summed E-state index contributed by atoms with van der Waals surface area (Å²) in [6.07, 6.45) is 1.55. The number of halogens is 1. The fourth-order valence-electron chi connectivity index (χ4n) is 2.11. The Bertz CT molecular complexity index is 581. The van der Waals surface area contributed by atoms with Crippen molar-refractivity contribution >= 4 is 11.6 Å². The van der Waals surface area contributed by atoms with Crippen molar-refractivity contribution in [3.63, 3.8) is 0 Å². The predicted molar refractivity (Wildman–Crippen MR) is 84.0 cm³/mol. The molecule has 0 bridgehead atoms. The van der Waals surface area contributed by atoms with Gasteiger partial charge in [0.1, 0.15) is 0 Å². The molecule has 21 heavy (non-hydrogen) atoms. The lowest BCUT2D eigenvalue weighted by molar-refractivity contribution is 0.230. The molecule has 0 aliphatic rings. The first-order valence-electron chi connectivity index (χ1n) is 7.17. The number of ether oxygens (including phenoxy) is 1. The van der Waals surface area contributed by atoms with Gasteiger partial charge in [0.05, 0.1) is 12.6 Å². The van der Waals surface area contributed by atoms with Crippen molar-refractivity contribution < 1.29 is 9.84 Å². The molecule has 0 unspecified atom stereocenters. The summed E-state index contributed by atoms with van der Waals surface area (Å²) in [7, 11) is 0. The van der Waals surface area contributed by atoms with E-state index in [0.717, 1.165) is 22.7 Å². The molecule has 0 fully saturated rings. The fraction of sp³-hybridized carbons (Fsp3) is 0.438. The molecule has 0 atom stereocenters. The highest BCUT2D eigenvalue weighted by Crippen LogP contribution is 2.20. The monoisotopic (exact) mass is 308 g/mol.